The first kappa shape index (κ1) is 36.3. The van der Waals surface area contributed by atoms with Gasteiger partial charge in [-0.3, -0.25) is 38.4 Å². The number of benzene rings is 3. The van der Waals surface area contributed by atoms with Crippen LogP contribution in [0.4, 0.5) is 18.9 Å². The van der Waals surface area contributed by atoms with E-state index in [1.807, 2.05) is 22.9 Å². The van der Waals surface area contributed by atoms with Crippen LogP contribution in [0.15, 0.2) is 53.5 Å². The number of imidazole rings is 1. The number of nitrogens with one attached hydrogen (secondary N) is 2. The van der Waals surface area contributed by atoms with E-state index in [-0.39, 0.29) is 36.5 Å². The fourth-order valence-corrected chi connectivity index (χ4v) is 8.26. The van der Waals surface area contributed by atoms with E-state index in [1.54, 1.807) is 11.6 Å². The average Bonchev–Trinajstić information content (AvgIpc) is 3.72. The number of halogens is 3. The molecule has 3 fully saturated rings. The van der Waals surface area contributed by atoms with Crippen molar-refractivity contribution in [2.75, 3.05) is 37.6 Å². The predicted molar refractivity (Wildman–Crippen MR) is 197 cm³/mol. The molecule has 0 radical (unpaired) electrons. The van der Waals surface area contributed by atoms with Crippen LogP contribution in [0.2, 0.25) is 0 Å². The monoisotopic (exact) mass is 758 g/mol. The van der Waals surface area contributed by atoms with Crippen LogP contribution in [0.3, 0.4) is 0 Å². The number of imide groups is 1. The molecule has 2 saturated heterocycles. The van der Waals surface area contributed by atoms with Crippen LogP contribution in [0, 0.1) is 23.4 Å². The van der Waals surface area contributed by atoms with E-state index in [1.165, 1.54) is 4.57 Å². The molecule has 0 bridgehead atoms. The van der Waals surface area contributed by atoms with Gasteiger partial charge >= 0.3 is 5.69 Å². The molecule has 3 amide bonds. The largest absolute Gasteiger partial charge is 0.503 e. The second-order valence-corrected chi connectivity index (χ2v) is 14.9. The third-order valence-corrected chi connectivity index (χ3v) is 11.4. The Labute approximate surface area is 313 Å². The predicted octanol–water partition coefficient (Wildman–Crippen LogP) is 4.27. The Kier molecular flexibility index (Phi) is 9.61. The Morgan fingerprint density at radius 3 is 2.44 bits per heavy atom. The summed E-state index contributed by atoms with van der Waals surface area (Å²) in [4.78, 5) is 54.6. The zero-order valence-corrected chi connectivity index (χ0v) is 30.2. The minimum absolute atomic E-state index is 0.119. The first-order valence-corrected chi connectivity index (χ1v) is 18.6. The number of phenols is 1. The number of aryl methyl sites for hydroxylation is 1. The maximum absolute atomic E-state index is 14.1. The molecule has 2 aliphatic heterocycles. The molecule has 2 aromatic heterocycles. The van der Waals surface area contributed by atoms with Crippen molar-refractivity contribution in [1.29, 1.82) is 0 Å². The number of amides is 3. The lowest BCUT2D eigenvalue weighted by atomic mass is 9.86. The van der Waals surface area contributed by atoms with Gasteiger partial charge in [-0.15, -0.1) is 0 Å². The molecule has 16 heteroatoms. The third-order valence-electron chi connectivity index (χ3n) is 11.4. The van der Waals surface area contributed by atoms with Gasteiger partial charge in [0.1, 0.15) is 6.04 Å². The van der Waals surface area contributed by atoms with Crippen LogP contribution in [0.25, 0.3) is 21.9 Å². The average molecular weight is 759 g/mol. The number of piperazine rings is 1. The third kappa shape index (κ3) is 6.94. The Balaban J connectivity index is 0.846. The first-order valence-electron chi connectivity index (χ1n) is 18.6. The molecule has 1 saturated carbocycles. The quantitative estimate of drug-likeness (QED) is 0.157. The highest BCUT2D eigenvalue weighted by Crippen LogP contribution is 2.34. The van der Waals surface area contributed by atoms with Crippen LogP contribution in [0.5, 0.6) is 5.75 Å². The number of carbonyl (C=O) groups is 3. The van der Waals surface area contributed by atoms with Gasteiger partial charge in [0.25, 0.3) is 5.91 Å². The Morgan fingerprint density at radius 1 is 0.927 bits per heavy atom. The summed E-state index contributed by atoms with van der Waals surface area (Å²) in [5.74, 6) is -7.79. The van der Waals surface area contributed by atoms with Gasteiger partial charge in [0.2, 0.25) is 17.6 Å². The smallest absolute Gasteiger partial charge is 0.329 e. The molecule has 3 N–H and O–H groups in total. The number of carbonyl (C=O) groups excluding carboxylic acids is 3. The van der Waals surface area contributed by atoms with Gasteiger partial charge in [0.15, 0.2) is 17.4 Å². The number of anilines is 1. The van der Waals surface area contributed by atoms with Gasteiger partial charge in [0.05, 0.1) is 28.2 Å². The van der Waals surface area contributed by atoms with E-state index in [4.69, 9.17) is 5.10 Å². The topological polar surface area (TPSA) is 147 Å². The van der Waals surface area contributed by atoms with Crippen molar-refractivity contribution in [2.24, 2.45) is 13.0 Å². The molecule has 13 nitrogen and oxygen atoms in total. The number of hydrogen-bond acceptors (Lipinski definition) is 8. The van der Waals surface area contributed by atoms with Crippen LogP contribution >= 0.6 is 0 Å². The van der Waals surface area contributed by atoms with Crippen LogP contribution in [-0.4, -0.2) is 79.4 Å². The number of phenolic OH excluding ortho intramolecular Hbond substituents is 1. The molecule has 288 valence electrons. The molecule has 1 unspecified atom stereocenters. The maximum atomic E-state index is 14.1. The van der Waals surface area contributed by atoms with Gasteiger partial charge < -0.3 is 15.3 Å². The molecule has 55 heavy (non-hydrogen) atoms. The molecule has 3 aliphatic rings. The Bertz CT molecular complexity index is 2390. The van der Waals surface area contributed by atoms with Gasteiger partial charge in [-0.25, -0.2) is 13.6 Å². The van der Waals surface area contributed by atoms with E-state index in [0.717, 1.165) is 86.1 Å². The van der Waals surface area contributed by atoms with Crippen molar-refractivity contribution in [2.45, 2.75) is 57.2 Å². The highest BCUT2D eigenvalue weighted by molar-refractivity contribution is 6.00. The lowest BCUT2D eigenvalue weighted by Gasteiger charge is -2.36. The van der Waals surface area contributed by atoms with Crippen molar-refractivity contribution in [3.05, 3.63) is 87.7 Å². The first-order chi connectivity index (χ1) is 26.4. The lowest BCUT2D eigenvalue weighted by molar-refractivity contribution is -0.135. The summed E-state index contributed by atoms with van der Waals surface area (Å²) in [6.07, 6.45) is 5.79. The molecular weight excluding hydrogens is 717 g/mol. The van der Waals surface area contributed by atoms with Crippen LogP contribution in [-0.2, 0) is 23.2 Å². The fourth-order valence-electron chi connectivity index (χ4n) is 8.26. The maximum Gasteiger partial charge on any atom is 0.329 e. The minimum Gasteiger partial charge on any atom is -0.503 e. The standard InChI is InChI=1S/C39H41F3N8O5/c1-46-32-16-23(4-9-30(32)50(39(46)55)31-10-11-33(51)44-38(31)54)20-47-12-14-48(15-13-47)26-8-5-24-21-49(45-29(24)17-26)25-6-2-22(3-7-25)19-43-37(53)27-18-28(40)36(52)35(42)34(27)41/h4-5,8-9,16-18,21-22,25,31,52H,2-3,6-7,10-15,19-20H2,1H3,(H,43,53)(H,44,51,54). The summed E-state index contributed by atoms with van der Waals surface area (Å²) in [5.41, 5.74) is 3.44. The highest BCUT2D eigenvalue weighted by Gasteiger charge is 2.32. The van der Waals surface area contributed by atoms with Gasteiger partial charge in [-0.05, 0) is 80.0 Å². The van der Waals surface area contributed by atoms with Crippen molar-refractivity contribution in [3.8, 4) is 5.75 Å². The zero-order valence-electron chi connectivity index (χ0n) is 30.2. The van der Waals surface area contributed by atoms with Crippen molar-refractivity contribution >= 4 is 45.3 Å². The van der Waals surface area contributed by atoms with E-state index in [0.29, 0.717) is 18.0 Å². The van der Waals surface area contributed by atoms with Crippen molar-refractivity contribution < 1.29 is 32.7 Å². The van der Waals surface area contributed by atoms with E-state index in [9.17, 15) is 37.5 Å². The zero-order chi connectivity index (χ0) is 38.5. The normalized spacial score (nSPS) is 21.0. The summed E-state index contributed by atoms with van der Waals surface area (Å²) in [7, 11) is 1.70. The molecule has 3 aromatic carbocycles. The van der Waals surface area contributed by atoms with E-state index >= 15 is 0 Å². The Morgan fingerprint density at radius 2 is 1.69 bits per heavy atom. The van der Waals surface area contributed by atoms with Crippen molar-refractivity contribution in [3.63, 3.8) is 0 Å². The van der Waals surface area contributed by atoms with E-state index in [2.05, 4.69) is 44.8 Å². The summed E-state index contributed by atoms with van der Waals surface area (Å²) in [6, 6.07) is 12.2. The van der Waals surface area contributed by atoms with Crippen LogP contribution in [0.1, 0.15) is 66.5 Å². The number of nitrogens with zero attached hydrogens (tertiary/aromatic N) is 6. The minimum atomic E-state index is -1.78. The van der Waals surface area contributed by atoms with Gasteiger partial charge in [-0.1, -0.05) is 6.07 Å². The highest BCUT2D eigenvalue weighted by atomic mass is 19.2. The second-order valence-electron chi connectivity index (χ2n) is 14.9. The number of aromatic nitrogens is 4. The molecule has 1 aliphatic carbocycles. The molecule has 8 rings (SSSR count). The number of hydrogen-bond donors (Lipinski definition) is 3. The molecule has 5 aromatic rings. The second kappa shape index (κ2) is 14.5. The summed E-state index contributed by atoms with van der Waals surface area (Å²) in [5, 5.41) is 20.1. The number of fused-ring (bicyclic) bond motifs is 2. The lowest BCUT2D eigenvalue weighted by Crippen LogP contribution is -2.45. The Hall–Kier alpha value is -5.64. The number of aromatic hydroxyl groups is 1. The number of rotatable bonds is 8. The van der Waals surface area contributed by atoms with Gasteiger partial charge in [-0.2, -0.15) is 9.49 Å². The molecule has 1 atom stereocenters. The van der Waals surface area contributed by atoms with Gasteiger partial charge in [0, 0.05) is 70.0 Å². The molecule has 0 spiro atoms. The molecular formula is C39H41F3N8O5. The summed E-state index contributed by atoms with van der Waals surface area (Å²) in [6.45, 7) is 4.33. The van der Waals surface area contributed by atoms with Crippen LogP contribution < -0.4 is 21.2 Å². The SMILES string of the molecule is Cn1c(=O)n(C2CCC(=O)NC2=O)c2ccc(CN3CCN(c4ccc5cn(C6CCC(CNC(=O)c7cc(F)c(O)c(F)c7F)CC6)nc5c4)CC3)cc21. The summed E-state index contributed by atoms with van der Waals surface area (Å²) < 4.78 is 46.6. The fraction of sp³-hybridized carbons (Fsp3) is 0.410. The van der Waals surface area contributed by atoms with E-state index < -0.39 is 46.6 Å². The number of piperidine rings is 1. The molecule has 4 heterocycles. The van der Waals surface area contributed by atoms with Crippen molar-refractivity contribution in [1.82, 2.24) is 34.4 Å². The summed E-state index contributed by atoms with van der Waals surface area (Å²) >= 11 is 0.